The van der Waals surface area contributed by atoms with Crippen molar-refractivity contribution in [2.45, 2.75) is 170 Å². The van der Waals surface area contributed by atoms with E-state index in [-0.39, 0.29) is 52.2 Å². The first-order valence-electron chi connectivity index (χ1n) is 20.4. The molecule has 8 nitrogen and oxygen atoms in total. The van der Waals surface area contributed by atoms with E-state index in [4.69, 9.17) is 18.9 Å². The van der Waals surface area contributed by atoms with Crippen molar-refractivity contribution in [3.05, 3.63) is 58.4 Å². The standard InChI is InChI=1S/C46H66O8/c1-12-13-14-15-16-17-37(48)51-35-26-31(20-23-34(35)47)39(49)38-40-45(28-33(22-19-30(4)5)44(10,11)52-40)27-32(21-18-29(2)3)43(8,9)36-24-25-42(6,7)54-46(36,45)53-41(38)50/h18-20,23,26,32-33,36,47H,12-17,21-22,24-25,27-28H2,1-11H3/t32-,33+,36-,45+,46-/m1/s1. The van der Waals surface area contributed by atoms with Crippen molar-refractivity contribution >= 4 is 17.7 Å². The van der Waals surface area contributed by atoms with E-state index >= 15 is 0 Å². The van der Waals surface area contributed by atoms with Crippen molar-refractivity contribution in [2.75, 3.05) is 0 Å². The Labute approximate surface area is 324 Å². The third-order valence-electron chi connectivity index (χ3n) is 13.0. The maximum Gasteiger partial charge on any atom is 0.348 e. The average molecular weight is 747 g/mol. The summed E-state index contributed by atoms with van der Waals surface area (Å²) in [7, 11) is 0. The zero-order chi connectivity index (χ0) is 39.9. The van der Waals surface area contributed by atoms with E-state index in [1.165, 1.54) is 29.3 Å². The summed E-state index contributed by atoms with van der Waals surface area (Å²) in [5, 5.41) is 10.7. The SMILES string of the molecule is CCCCCCCC(=O)Oc1cc(C(=O)C2=C3OC(C)(C)[C@@H](CC=C(C)C)C[C@@]34C[C@@H](CC=C(C)C)C(C)(C)[C@H]3CCC(C)(C)O[C@]34OC2=O)ccc1O. The Kier molecular flexibility index (Phi) is 12.1. The highest BCUT2D eigenvalue weighted by Crippen LogP contribution is 2.72. The molecule has 0 unspecified atom stereocenters. The van der Waals surface area contributed by atoms with Gasteiger partial charge in [-0.15, -0.1) is 0 Å². The van der Waals surface area contributed by atoms with Crippen LogP contribution in [0.5, 0.6) is 11.5 Å². The van der Waals surface area contributed by atoms with Crippen LogP contribution in [0.25, 0.3) is 0 Å². The highest BCUT2D eigenvalue weighted by molar-refractivity contribution is 6.25. The highest BCUT2D eigenvalue weighted by Gasteiger charge is 2.77. The summed E-state index contributed by atoms with van der Waals surface area (Å²) in [5.74, 6) is -3.21. The molecule has 3 fully saturated rings. The van der Waals surface area contributed by atoms with Crippen LogP contribution in [0, 0.1) is 28.6 Å². The second-order valence-corrected chi connectivity index (χ2v) is 18.8. The minimum atomic E-state index is -1.36. The first-order chi connectivity index (χ1) is 25.2. The molecule has 1 aromatic rings. The van der Waals surface area contributed by atoms with E-state index in [1.807, 2.05) is 13.8 Å². The monoisotopic (exact) mass is 746 g/mol. The van der Waals surface area contributed by atoms with E-state index in [9.17, 15) is 19.5 Å². The number of benzene rings is 1. The maximum absolute atomic E-state index is 14.9. The largest absolute Gasteiger partial charge is 0.504 e. The number of ketones is 1. The molecule has 3 aliphatic heterocycles. The number of unbranched alkanes of at least 4 members (excludes halogenated alkanes) is 4. The number of carbonyl (C=O) groups excluding carboxylic acids is 3. The molecule has 0 amide bonds. The molecule has 0 aromatic heterocycles. The number of rotatable bonds is 13. The number of ether oxygens (including phenoxy) is 4. The van der Waals surface area contributed by atoms with Crippen LogP contribution < -0.4 is 4.74 Å². The maximum atomic E-state index is 14.9. The molecular formula is C46H66O8. The van der Waals surface area contributed by atoms with Crippen molar-refractivity contribution < 1.29 is 38.4 Å². The van der Waals surface area contributed by atoms with Gasteiger partial charge in [-0.25, -0.2) is 4.79 Å². The number of carbonyl (C=O) groups is 3. The van der Waals surface area contributed by atoms with Crippen LogP contribution in [0.3, 0.4) is 0 Å². The molecular weight excluding hydrogens is 680 g/mol. The van der Waals surface area contributed by atoms with Crippen molar-refractivity contribution in [2.24, 2.45) is 28.6 Å². The number of hydrogen-bond acceptors (Lipinski definition) is 8. The van der Waals surface area contributed by atoms with Crippen LogP contribution in [-0.4, -0.2) is 39.8 Å². The van der Waals surface area contributed by atoms with Crippen molar-refractivity contribution in [1.82, 2.24) is 0 Å². The third-order valence-corrected chi connectivity index (χ3v) is 13.0. The second-order valence-electron chi connectivity index (χ2n) is 18.8. The van der Waals surface area contributed by atoms with Crippen LogP contribution >= 0.6 is 0 Å². The molecule has 0 bridgehead atoms. The van der Waals surface area contributed by atoms with Crippen LogP contribution in [0.15, 0.2) is 52.8 Å². The molecule has 5 rings (SSSR count). The smallest absolute Gasteiger partial charge is 0.348 e. The summed E-state index contributed by atoms with van der Waals surface area (Å²) in [6.07, 6.45) is 14.0. The molecule has 3 heterocycles. The van der Waals surface area contributed by atoms with E-state index in [0.29, 0.717) is 25.0 Å². The topological polar surface area (TPSA) is 108 Å². The Hall–Kier alpha value is -3.39. The van der Waals surface area contributed by atoms with Gasteiger partial charge in [0.15, 0.2) is 11.5 Å². The molecule has 0 radical (unpaired) electrons. The summed E-state index contributed by atoms with van der Waals surface area (Å²) in [6, 6.07) is 4.13. The zero-order valence-electron chi connectivity index (χ0n) is 34.9. The lowest BCUT2D eigenvalue weighted by molar-refractivity contribution is -0.407. The highest BCUT2D eigenvalue weighted by atomic mass is 16.7. The van der Waals surface area contributed by atoms with Gasteiger partial charge in [0.2, 0.25) is 11.6 Å². The van der Waals surface area contributed by atoms with Gasteiger partial charge in [0.05, 0.1) is 11.0 Å². The Morgan fingerprint density at radius 3 is 2.17 bits per heavy atom. The number of hydrogen-bond donors (Lipinski definition) is 1. The molecule has 8 heteroatoms. The van der Waals surface area contributed by atoms with Gasteiger partial charge < -0.3 is 24.1 Å². The Bertz CT molecular complexity index is 1700. The fourth-order valence-corrected chi connectivity index (χ4v) is 9.69. The normalized spacial score (nSPS) is 29.0. The molecule has 1 aromatic carbocycles. The zero-order valence-corrected chi connectivity index (χ0v) is 34.9. The second kappa shape index (κ2) is 15.6. The first-order valence-corrected chi connectivity index (χ1v) is 20.4. The fourth-order valence-electron chi connectivity index (χ4n) is 9.69. The van der Waals surface area contributed by atoms with Gasteiger partial charge in [-0.3, -0.25) is 9.59 Å². The lowest BCUT2D eigenvalue weighted by Gasteiger charge is -2.70. The minimum Gasteiger partial charge on any atom is -0.504 e. The lowest BCUT2D eigenvalue weighted by Crippen LogP contribution is -2.74. The van der Waals surface area contributed by atoms with Crippen LogP contribution in [0.2, 0.25) is 0 Å². The molecule has 1 saturated carbocycles. The van der Waals surface area contributed by atoms with Gasteiger partial charge in [0.1, 0.15) is 16.9 Å². The molecule has 5 atom stereocenters. The number of esters is 2. The van der Waals surface area contributed by atoms with Crippen LogP contribution in [-0.2, 0) is 23.8 Å². The molecule has 54 heavy (non-hydrogen) atoms. The molecule has 298 valence electrons. The molecule has 2 spiro atoms. The van der Waals surface area contributed by atoms with Gasteiger partial charge in [-0.05, 0) is 130 Å². The fraction of sp³-hybridized carbons (Fsp3) is 0.674. The van der Waals surface area contributed by atoms with E-state index < -0.39 is 40.1 Å². The van der Waals surface area contributed by atoms with Gasteiger partial charge in [-0.1, -0.05) is 69.8 Å². The Morgan fingerprint density at radius 1 is 0.889 bits per heavy atom. The number of phenolic OH excluding ortho intramolecular Hbond substituents is 1. The summed E-state index contributed by atoms with van der Waals surface area (Å²) in [4.78, 5) is 42.3. The van der Waals surface area contributed by atoms with E-state index in [2.05, 4.69) is 74.5 Å². The van der Waals surface area contributed by atoms with Crippen molar-refractivity contribution in [3.63, 3.8) is 0 Å². The molecule has 1 N–H and O–H groups in total. The summed E-state index contributed by atoms with van der Waals surface area (Å²) in [6.45, 7) is 23.3. The molecule has 1 aliphatic carbocycles. The van der Waals surface area contributed by atoms with Gasteiger partial charge in [-0.2, -0.15) is 0 Å². The first kappa shape index (κ1) is 41.8. The van der Waals surface area contributed by atoms with Crippen LogP contribution in [0.1, 0.15) is 164 Å². The number of Topliss-reactive ketones (excluding diaryl/α,β-unsaturated/α-hetero) is 1. The summed E-state index contributed by atoms with van der Waals surface area (Å²) < 4.78 is 26.8. The van der Waals surface area contributed by atoms with Crippen molar-refractivity contribution in [3.8, 4) is 11.5 Å². The van der Waals surface area contributed by atoms with E-state index in [1.54, 1.807) is 0 Å². The summed E-state index contributed by atoms with van der Waals surface area (Å²) in [5.41, 5.74) is -0.150. The van der Waals surface area contributed by atoms with Gasteiger partial charge >= 0.3 is 11.9 Å². The molecule has 2 saturated heterocycles. The minimum absolute atomic E-state index is 0.0300. The van der Waals surface area contributed by atoms with Crippen LogP contribution in [0.4, 0.5) is 0 Å². The average Bonchev–Trinajstić information content (AvgIpc) is 3.06. The predicted octanol–water partition coefficient (Wildman–Crippen LogP) is 11.1. The van der Waals surface area contributed by atoms with Gasteiger partial charge in [0, 0.05) is 23.8 Å². The van der Waals surface area contributed by atoms with Crippen molar-refractivity contribution in [1.29, 1.82) is 0 Å². The number of allylic oxidation sites excluding steroid dienone is 4. The Morgan fingerprint density at radius 2 is 1.52 bits per heavy atom. The summed E-state index contributed by atoms with van der Waals surface area (Å²) >= 11 is 0. The quantitative estimate of drug-likeness (QED) is 0.0531. The number of aromatic hydroxyl groups is 1. The number of phenols is 1. The lowest BCUT2D eigenvalue weighted by atomic mass is 9.44. The van der Waals surface area contributed by atoms with Gasteiger partial charge in [0.25, 0.3) is 0 Å². The third kappa shape index (κ3) is 7.97. The Balaban J connectivity index is 1.67. The van der Waals surface area contributed by atoms with E-state index in [0.717, 1.165) is 51.4 Å². The predicted molar refractivity (Wildman–Crippen MR) is 211 cm³/mol. The molecule has 4 aliphatic rings.